The van der Waals surface area contributed by atoms with Gasteiger partial charge in [-0.15, -0.1) is 0 Å². The number of likely N-dealkylation sites (tertiary alicyclic amines) is 1. The molecule has 0 spiro atoms. The Kier molecular flexibility index (Phi) is 6.17. The van der Waals surface area contributed by atoms with E-state index in [9.17, 15) is 14.4 Å². The Morgan fingerprint density at radius 3 is 2.44 bits per heavy atom. The van der Waals surface area contributed by atoms with Crippen molar-refractivity contribution >= 4 is 17.8 Å². The lowest BCUT2D eigenvalue weighted by atomic mass is 9.94. The van der Waals surface area contributed by atoms with E-state index in [1.165, 1.54) is 12.1 Å². The summed E-state index contributed by atoms with van der Waals surface area (Å²) in [5.41, 5.74) is 0.883. The van der Waals surface area contributed by atoms with Gasteiger partial charge >= 0.3 is 5.97 Å². The first-order chi connectivity index (χ1) is 11.8. The predicted molar refractivity (Wildman–Crippen MR) is 94.3 cm³/mol. The molecule has 0 unspecified atom stereocenters. The first kappa shape index (κ1) is 19.0. The summed E-state index contributed by atoms with van der Waals surface area (Å²) >= 11 is 0. The van der Waals surface area contributed by atoms with Crippen LogP contribution >= 0.6 is 0 Å². The molecule has 1 N–H and O–H groups in total. The van der Waals surface area contributed by atoms with Gasteiger partial charge in [-0.2, -0.15) is 0 Å². The lowest BCUT2D eigenvalue weighted by Crippen LogP contribution is -2.45. The predicted octanol–water partition coefficient (Wildman–Crippen LogP) is 2.03. The van der Waals surface area contributed by atoms with E-state index in [-0.39, 0.29) is 35.8 Å². The van der Waals surface area contributed by atoms with Gasteiger partial charge in [-0.3, -0.25) is 9.59 Å². The molecule has 6 heteroatoms. The van der Waals surface area contributed by atoms with E-state index in [4.69, 9.17) is 5.11 Å². The Hall–Kier alpha value is -2.37. The molecular formula is C19H26N2O4. The van der Waals surface area contributed by atoms with Crippen molar-refractivity contribution in [2.75, 3.05) is 20.1 Å². The third-order valence-corrected chi connectivity index (χ3v) is 4.85. The van der Waals surface area contributed by atoms with Gasteiger partial charge in [0.1, 0.15) is 0 Å². The molecule has 1 fully saturated rings. The number of benzene rings is 1. The largest absolute Gasteiger partial charge is 0.478 e. The number of carbonyl (C=O) groups is 3. The summed E-state index contributed by atoms with van der Waals surface area (Å²) in [7, 11) is 1.82. The number of hydrogen-bond donors (Lipinski definition) is 1. The van der Waals surface area contributed by atoms with Crippen molar-refractivity contribution in [2.24, 2.45) is 5.92 Å². The molecule has 136 valence electrons. The maximum absolute atomic E-state index is 12.5. The second-order valence-electron chi connectivity index (χ2n) is 6.88. The zero-order valence-electron chi connectivity index (χ0n) is 15.1. The Morgan fingerprint density at radius 2 is 1.88 bits per heavy atom. The fourth-order valence-electron chi connectivity index (χ4n) is 3.02. The number of carboxylic acids is 1. The van der Waals surface area contributed by atoms with Gasteiger partial charge in [0.15, 0.2) is 0 Å². The monoisotopic (exact) mass is 346 g/mol. The normalized spacial score (nSPS) is 15.3. The molecule has 2 amide bonds. The highest BCUT2D eigenvalue weighted by molar-refractivity contribution is 5.88. The molecule has 0 radical (unpaired) electrons. The average Bonchev–Trinajstić information content (AvgIpc) is 2.60. The lowest BCUT2D eigenvalue weighted by Gasteiger charge is -2.34. The Bertz CT molecular complexity index is 649. The molecule has 1 aromatic carbocycles. The highest BCUT2D eigenvalue weighted by Crippen LogP contribution is 2.21. The molecule has 0 aromatic heterocycles. The van der Waals surface area contributed by atoms with Crippen LogP contribution in [-0.2, 0) is 16.0 Å². The van der Waals surface area contributed by atoms with E-state index < -0.39 is 5.97 Å². The van der Waals surface area contributed by atoms with E-state index in [0.717, 1.165) is 0 Å². The van der Waals surface area contributed by atoms with E-state index in [1.807, 2.05) is 20.9 Å². The summed E-state index contributed by atoms with van der Waals surface area (Å²) in [6.45, 7) is 5.11. The first-order valence-corrected chi connectivity index (χ1v) is 8.66. The van der Waals surface area contributed by atoms with Crippen LogP contribution in [0.1, 0.15) is 42.6 Å². The minimum atomic E-state index is -0.997. The van der Waals surface area contributed by atoms with Gasteiger partial charge in [0.2, 0.25) is 11.8 Å². The first-order valence-electron chi connectivity index (χ1n) is 8.66. The van der Waals surface area contributed by atoms with E-state index >= 15 is 0 Å². The van der Waals surface area contributed by atoms with Gasteiger partial charge in [0, 0.05) is 32.1 Å². The Morgan fingerprint density at radius 1 is 1.24 bits per heavy atom. The van der Waals surface area contributed by atoms with Gasteiger partial charge in [-0.25, -0.2) is 4.79 Å². The minimum absolute atomic E-state index is 0.0215. The van der Waals surface area contributed by atoms with Crippen LogP contribution in [0.4, 0.5) is 0 Å². The number of carbonyl (C=O) groups excluding carboxylic acids is 2. The van der Waals surface area contributed by atoms with Crippen molar-refractivity contribution in [3.05, 3.63) is 35.4 Å². The van der Waals surface area contributed by atoms with Crippen molar-refractivity contribution in [1.29, 1.82) is 0 Å². The van der Waals surface area contributed by atoms with Gasteiger partial charge in [0.25, 0.3) is 0 Å². The third kappa shape index (κ3) is 4.81. The van der Waals surface area contributed by atoms with Crippen molar-refractivity contribution in [2.45, 2.75) is 39.2 Å². The van der Waals surface area contributed by atoms with Crippen LogP contribution in [0.5, 0.6) is 0 Å². The number of nitrogens with zero attached hydrogens (tertiary/aromatic N) is 2. The SMILES string of the molecule is CC(C)N(C)C(=O)C1CCN(C(=O)Cc2cccc(C(=O)O)c2)CC1. The van der Waals surface area contributed by atoms with E-state index in [0.29, 0.717) is 31.5 Å². The summed E-state index contributed by atoms with van der Waals surface area (Å²) in [4.78, 5) is 39.4. The van der Waals surface area contributed by atoms with E-state index in [1.54, 1.807) is 21.9 Å². The van der Waals surface area contributed by atoms with Crippen LogP contribution in [-0.4, -0.2) is 58.9 Å². The average molecular weight is 346 g/mol. The summed E-state index contributed by atoms with van der Waals surface area (Å²) < 4.78 is 0. The fraction of sp³-hybridized carbons (Fsp3) is 0.526. The Labute approximate surface area is 148 Å². The van der Waals surface area contributed by atoms with Crippen molar-refractivity contribution in [1.82, 2.24) is 9.80 Å². The van der Waals surface area contributed by atoms with Crippen molar-refractivity contribution in [3.8, 4) is 0 Å². The molecule has 6 nitrogen and oxygen atoms in total. The van der Waals surface area contributed by atoms with Gasteiger partial charge in [0.05, 0.1) is 12.0 Å². The smallest absolute Gasteiger partial charge is 0.335 e. The zero-order valence-corrected chi connectivity index (χ0v) is 15.1. The minimum Gasteiger partial charge on any atom is -0.478 e. The molecule has 1 aliphatic heterocycles. The second-order valence-corrected chi connectivity index (χ2v) is 6.88. The topological polar surface area (TPSA) is 77.9 Å². The van der Waals surface area contributed by atoms with Gasteiger partial charge in [-0.1, -0.05) is 12.1 Å². The third-order valence-electron chi connectivity index (χ3n) is 4.85. The standard InChI is InChI=1S/C19H26N2O4/c1-13(2)20(3)18(23)15-7-9-21(10-8-15)17(22)12-14-5-4-6-16(11-14)19(24)25/h4-6,11,13,15H,7-10,12H2,1-3H3,(H,24,25). The highest BCUT2D eigenvalue weighted by Gasteiger charge is 2.29. The van der Waals surface area contributed by atoms with Gasteiger partial charge < -0.3 is 14.9 Å². The van der Waals surface area contributed by atoms with Gasteiger partial charge in [-0.05, 0) is 44.4 Å². The molecule has 0 atom stereocenters. The van der Waals surface area contributed by atoms with Crippen LogP contribution in [0.25, 0.3) is 0 Å². The van der Waals surface area contributed by atoms with Crippen molar-refractivity contribution in [3.63, 3.8) is 0 Å². The zero-order chi connectivity index (χ0) is 18.6. The number of carboxylic acid groups (broad SMARTS) is 1. The molecule has 1 saturated heterocycles. The van der Waals surface area contributed by atoms with Crippen LogP contribution in [0.3, 0.4) is 0 Å². The summed E-state index contributed by atoms with van der Waals surface area (Å²) in [5.74, 6) is -0.892. The summed E-state index contributed by atoms with van der Waals surface area (Å²) in [6.07, 6.45) is 1.54. The number of aromatic carboxylic acids is 1. The molecule has 1 heterocycles. The van der Waals surface area contributed by atoms with Crippen LogP contribution in [0.15, 0.2) is 24.3 Å². The number of piperidine rings is 1. The maximum Gasteiger partial charge on any atom is 0.335 e. The molecule has 0 aliphatic carbocycles. The maximum atomic E-state index is 12.5. The van der Waals surface area contributed by atoms with Crippen molar-refractivity contribution < 1.29 is 19.5 Å². The quantitative estimate of drug-likeness (QED) is 0.885. The van der Waals surface area contributed by atoms with E-state index in [2.05, 4.69) is 0 Å². The molecular weight excluding hydrogens is 320 g/mol. The van der Waals surface area contributed by atoms with Crippen LogP contribution in [0, 0.1) is 5.92 Å². The molecule has 2 rings (SSSR count). The van der Waals surface area contributed by atoms with Crippen LogP contribution in [0.2, 0.25) is 0 Å². The lowest BCUT2D eigenvalue weighted by molar-refractivity contribution is -0.140. The number of rotatable bonds is 5. The highest BCUT2D eigenvalue weighted by atomic mass is 16.4. The molecule has 1 aromatic rings. The fourth-order valence-corrected chi connectivity index (χ4v) is 3.02. The molecule has 1 aliphatic rings. The number of hydrogen-bond acceptors (Lipinski definition) is 3. The number of amides is 2. The Balaban J connectivity index is 1.90. The molecule has 0 bridgehead atoms. The summed E-state index contributed by atoms with van der Waals surface area (Å²) in [6, 6.07) is 6.64. The second kappa shape index (κ2) is 8.14. The summed E-state index contributed by atoms with van der Waals surface area (Å²) in [5, 5.41) is 9.03. The molecule has 25 heavy (non-hydrogen) atoms. The van der Waals surface area contributed by atoms with Crippen LogP contribution < -0.4 is 0 Å². The molecule has 0 saturated carbocycles.